The normalized spacial score (nSPS) is 15.7. The van der Waals surface area contributed by atoms with Crippen molar-refractivity contribution in [1.82, 2.24) is 9.88 Å². The second-order valence-electron chi connectivity index (χ2n) is 6.18. The minimum absolute atomic E-state index is 0.788. The van der Waals surface area contributed by atoms with E-state index in [9.17, 15) is 0 Å². The lowest BCUT2D eigenvalue weighted by atomic mass is 9.97. The van der Waals surface area contributed by atoms with Gasteiger partial charge in [-0.15, -0.1) is 0 Å². The van der Waals surface area contributed by atoms with Gasteiger partial charge < -0.3 is 10.5 Å². The van der Waals surface area contributed by atoms with E-state index in [-0.39, 0.29) is 0 Å². The van der Waals surface area contributed by atoms with Crippen molar-refractivity contribution in [3.63, 3.8) is 0 Å². The number of nitrogen functional groups attached to an aromatic ring is 1. The van der Waals surface area contributed by atoms with Crippen LogP contribution in [0.5, 0.6) is 0 Å². The topological polar surface area (TPSA) is 51.4 Å². The van der Waals surface area contributed by atoms with E-state index in [1.54, 1.807) is 0 Å². The van der Waals surface area contributed by atoms with E-state index >= 15 is 0 Å². The van der Waals surface area contributed by atoms with Crippen molar-refractivity contribution >= 4 is 16.5 Å². The number of nitrogens with zero attached hydrogens (tertiary/aromatic N) is 2. The van der Waals surface area contributed by atoms with E-state index in [0.717, 1.165) is 55.4 Å². The molecule has 1 aliphatic heterocycles. The van der Waals surface area contributed by atoms with Crippen LogP contribution in [0.1, 0.15) is 5.69 Å². The molecule has 0 bridgehead atoms. The zero-order valence-corrected chi connectivity index (χ0v) is 13.6. The summed E-state index contributed by atoms with van der Waals surface area (Å²) in [5, 5.41) is 2.36. The molecule has 0 spiro atoms. The number of pyridine rings is 1. The minimum Gasteiger partial charge on any atom is -0.398 e. The van der Waals surface area contributed by atoms with E-state index in [0.29, 0.717) is 0 Å². The molecule has 4 nitrogen and oxygen atoms in total. The Bertz CT molecular complexity index is 839. The molecule has 2 aromatic carbocycles. The predicted octanol–water partition coefficient (Wildman–Crippen LogP) is 3.32. The molecular weight excluding hydrogens is 298 g/mol. The van der Waals surface area contributed by atoms with Crippen molar-refractivity contribution in [2.24, 2.45) is 0 Å². The molecule has 122 valence electrons. The number of morpholine rings is 1. The summed E-state index contributed by atoms with van der Waals surface area (Å²) in [6.45, 7) is 4.43. The Morgan fingerprint density at radius 2 is 1.83 bits per heavy atom. The Labute approximate surface area is 141 Å². The Morgan fingerprint density at radius 3 is 2.62 bits per heavy atom. The molecule has 2 N–H and O–H groups in total. The van der Waals surface area contributed by atoms with Crippen LogP contribution >= 0.6 is 0 Å². The molecule has 2 heterocycles. The van der Waals surface area contributed by atoms with Gasteiger partial charge in [0, 0.05) is 42.6 Å². The molecule has 0 radical (unpaired) electrons. The van der Waals surface area contributed by atoms with E-state index in [2.05, 4.69) is 40.2 Å². The molecule has 1 aliphatic rings. The van der Waals surface area contributed by atoms with Gasteiger partial charge in [0.25, 0.3) is 0 Å². The van der Waals surface area contributed by atoms with Crippen LogP contribution < -0.4 is 5.73 Å². The number of aromatic nitrogens is 1. The van der Waals surface area contributed by atoms with Gasteiger partial charge in [-0.2, -0.15) is 0 Å². The fraction of sp³-hybridized carbons (Fsp3) is 0.250. The van der Waals surface area contributed by atoms with Crippen LogP contribution in [0.4, 0.5) is 5.69 Å². The van der Waals surface area contributed by atoms with E-state index < -0.39 is 0 Å². The molecule has 1 saturated heterocycles. The first kappa shape index (κ1) is 15.1. The van der Waals surface area contributed by atoms with Crippen LogP contribution in [0, 0.1) is 0 Å². The minimum atomic E-state index is 0.788. The molecule has 1 fully saturated rings. The number of fused-ring (bicyclic) bond motifs is 1. The van der Waals surface area contributed by atoms with Crippen molar-refractivity contribution < 1.29 is 4.74 Å². The van der Waals surface area contributed by atoms with Crippen LogP contribution in [0.15, 0.2) is 54.7 Å². The first-order valence-corrected chi connectivity index (χ1v) is 8.34. The number of rotatable bonds is 3. The highest BCUT2D eigenvalue weighted by Crippen LogP contribution is 2.33. The third-order valence-corrected chi connectivity index (χ3v) is 4.56. The van der Waals surface area contributed by atoms with E-state index in [4.69, 9.17) is 10.5 Å². The highest BCUT2D eigenvalue weighted by atomic mass is 16.5. The quantitative estimate of drug-likeness (QED) is 0.753. The maximum atomic E-state index is 6.26. The largest absolute Gasteiger partial charge is 0.398 e. The smallest absolute Gasteiger partial charge is 0.0594 e. The fourth-order valence-corrected chi connectivity index (χ4v) is 3.26. The highest BCUT2D eigenvalue weighted by molar-refractivity contribution is 6.02. The van der Waals surface area contributed by atoms with E-state index in [1.165, 1.54) is 10.8 Å². The standard InChI is InChI=1S/C20H21N3O/c21-19-8-6-15-3-1-2-4-18(15)20(19)16-5-7-17(22-13-16)14-23-9-11-24-12-10-23/h1-8,13H,9-12,14,21H2. The van der Waals surface area contributed by atoms with Crippen LogP contribution in [-0.2, 0) is 11.3 Å². The summed E-state index contributed by atoms with van der Waals surface area (Å²) in [4.78, 5) is 7.03. The molecule has 4 rings (SSSR count). The maximum absolute atomic E-state index is 6.26. The third kappa shape index (κ3) is 2.98. The van der Waals surface area contributed by atoms with Crippen LogP contribution in [0.2, 0.25) is 0 Å². The SMILES string of the molecule is Nc1ccc2ccccc2c1-c1ccc(CN2CCOCC2)nc1. The molecule has 0 unspecified atom stereocenters. The average molecular weight is 319 g/mol. The highest BCUT2D eigenvalue weighted by Gasteiger charge is 2.12. The summed E-state index contributed by atoms with van der Waals surface area (Å²) in [5.41, 5.74) is 10.3. The molecule has 0 saturated carbocycles. The van der Waals surface area contributed by atoms with Gasteiger partial charge in [0.15, 0.2) is 0 Å². The Balaban J connectivity index is 1.64. The summed E-state index contributed by atoms with van der Waals surface area (Å²) in [6, 6.07) is 16.6. The lowest BCUT2D eigenvalue weighted by Gasteiger charge is -2.26. The summed E-state index contributed by atoms with van der Waals surface area (Å²) in [5.74, 6) is 0. The van der Waals surface area contributed by atoms with Crippen LogP contribution in [0.3, 0.4) is 0 Å². The van der Waals surface area contributed by atoms with Gasteiger partial charge in [-0.1, -0.05) is 36.4 Å². The maximum Gasteiger partial charge on any atom is 0.0594 e. The summed E-state index contributed by atoms with van der Waals surface area (Å²) >= 11 is 0. The number of hydrogen-bond donors (Lipinski definition) is 1. The summed E-state index contributed by atoms with van der Waals surface area (Å²) < 4.78 is 5.39. The second kappa shape index (κ2) is 6.59. The zero-order chi connectivity index (χ0) is 16.4. The average Bonchev–Trinajstić information content (AvgIpc) is 2.63. The molecule has 0 amide bonds. The van der Waals surface area contributed by atoms with Gasteiger partial charge in [0.05, 0.1) is 18.9 Å². The lowest BCUT2D eigenvalue weighted by Crippen LogP contribution is -2.35. The van der Waals surface area contributed by atoms with Gasteiger partial charge in [0.2, 0.25) is 0 Å². The molecule has 0 atom stereocenters. The first-order chi connectivity index (χ1) is 11.8. The van der Waals surface area contributed by atoms with Crippen molar-refractivity contribution in [2.75, 3.05) is 32.0 Å². The Morgan fingerprint density at radius 1 is 1.00 bits per heavy atom. The predicted molar refractivity (Wildman–Crippen MR) is 97.7 cm³/mol. The number of ether oxygens (including phenoxy) is 1. The first-order valence-electron chi connectivity index (χ1n) is 8.34. The van der Waals surface area contributed by atoms with Crippen molar-refractivity contribution in [3.8, 4) is 11.1 Å². The zero-order valence-electron chi connectivity index (χ0n) is 13.6. The summed E-state index contributed by atoms with van der Waals surface area (Å²) in [7, 11) is 0. The number of nitrogens with two attached hydrogens (primary N) is 1. The number of hydrogen-bond acceptors (Lipinski definition) is 4. The molecule has 1 aromatic heterocycles. The van der Waals surface area contributed by atoms with Crippen LogP contribution in [0.25, 0.3) is 21.9 Å². The van der Waals surface area contributed by atoms with Gasteiger partial charge in [-0.3, -0.25) is 9.88 Å². The lowest BCUT2D eigenvalue weighted by molar-refractivity contribution is 0.0336. The number of anilines is 1. The van der Waals surface area contributed by atoms with Gasteiger partial charge in [-0.05, 0) is 22.9 Å². The Kier molecular flexibility index (Phi) is 4.15. The van der Waals surface area contributed by atoms with Crippen molar-refractivity contribution in [3.05, 3.63) is 60.4 Å². The third-order valence-electron chi connectivity index (χ3n) is 4.56. The molecule has 0 aliphatic carbocycles. The molecular formula is C20H21N3O. The number of benzene rings is 2. The monoisotopic (exact) mass is 319 g/mol. The fourth-order valence-electron chi connectivity index (χ4n) is 3.26. The second-order valence-corrected chi connectivity index (χ2v) is 6.18. The summed E-state index contributed by atoms with van der Waals surface area (Å²) in [6.07, 6.45) is 1.94. The van der Waals surface area contributed by atoms with Crippen molar-refractivity contribution in [1.29, 1.82) is 0 Å². The molecule has 3 aromatic rings. The van der Waals surface area contributed by atoms with Gasteiger partial charge in [-0.25, -0.2) is 0 Å². The van der Waals surface area contributed by atoms with E-state index in [1.807, 2.05) is 24.4 Å². The van der Waals surface area contributed by atoms with Crippen LogP contribution in [-0.4, -0.2) is 36.2 Å². The van der Waals surface area contributed by atoms with Crippen molar-refractivity contribution in [2.45, 2.75) is 6.54 Å². The van der Waals surface area contributed by atoms with Gasteiger partial charge in [0.1, 0.15) is 0 Å². The van der Waals surface area contributed by atoms with Gasteiger partial charge >= 0.3 is 0 Å². The molecule has 4 heteroatoms. The molecule has 24 heavy (non-hydrogen) atoms. The Hall–Kier alpha value is -2.43.